The average molecular weight is 287 g/mol. The highest BCUT2D eigenvalue weighted by Gasteiger charge is 2.20. The highest BCUT2D eigenvalue weighted by atomic mass is 32.1. The Kier molecular flexibility index (Phi) is 3.69. The second kappa shape index (κ2) is 5.63. The first-order valence-electron chi connectivity index (χ1n) is 6.90. The lowest BCUT2D eigenvalue weighted by Crippen LogP contribution is -2.33. The highest BCUT2D eigenvalue weighted by Crippen LogP contribution is 2.25. The third-order valence-electron chi connectivity index (χ3n) is 3.80. The maximum absolute atomic E-state index is 12.3. The van der Waals surface area contributed by atoms with Gasteiger partial charge >= 0.3 is 0 Å². The average Bonchev–Trinajstić information content (AvgIpc) is 2.80. The molecule has 0 spiro atoms. The van der Waals surface area contributed by atoms with Crippen LogP contribution in [0.25, 0.3) is 5.69 Å². The highest BCUT2D eigenvalue weighted by molar-refractivity contribution is 7.71. The second-order valence-electron chi connectivity index (χ2n) is 5.16. The molecule has 1 saturated carbocycles. The number of carbonyl (C=O) groups is 1. The summed E-state index contributed by atoms with van der Waals surface area (Å²) in [6, 6.07) is 9.68. The minimum absolute atomic E-state index is 0.0758. The van der Waals surface area contributed by atoms with Crippen LogP contribution in [0.4, 0.5) is 0 Å². The molecule has 20 heavy (non-hydrogen) atoms. The minimum Gasteiger partial charge on any atom is -0.350 e. The first-order chi connectivity index (χ1) is 9.75. The number of aromatic nitrogens is 2. The van der Waals surface area contributed by atoms with Crippen LogP contribution < -0.4 is 5.32 Å². The lowest BCUT2D eigenvalue weighted by Gasteiger charge is -2.25. The van der Waals surface area contributed by atoms with Crippen LogP contribution in [-0.4, -0.2) is 22.0 Å². The smallest absolute Gasteiger partial charge is 0.269 e. The molecule has 2 aromatic rings. The lowest BCUT2D eigenvalue weighted by atomic mass is 9.85. The Morgan fingerprint density at radius 2 is 2.10 bits per heavy atom. The van der Waals surface area contributed by atoms with Crippen molar-refractivity contribution in [1.29, 1.82) is 0 Å². The zero-order chi connectivity index (χ0) is 13.9. The van der Waals surface area contributed by atoms with E-state index in [1.165, 1.54) is 19.3 Å². The standard InChI is InChI=1S/C15H17N3OS/c19-14(16-9-11-5-4-6-11)13-10-17-15(20)18(13)12-7-2-1-3-8-12/h1-3,7-8,10-11H,4-6,9H2,(H,16,19)(H,17,20). The van der Waals surface area contributed by atoms with Crippen LogP contribution in [0.1, 0.15) is 29.8 Å². The van der Waals surface area contributed by atoms with E-state index < -0.39 is 0 Å². The fourth-order valence-electron chi connectivity index (χ4n) is 2.39. The fraction of sp³-hybridized carbons (Fsp3) is 0.333. The molecule has 0 aliphatic heterocycles. The number of amides is 1. The number of hydrogen-bond donors (Lipinski definition) is 2. The maximum Gasteiger partial charge on any atom is 0.269 e. The Morgan fingerprint density at radius 3 is 2.75 bits per heavy atom. The van der Waals surface area contributed by atoms with Gasteiger partial charge in [0.1, 0.15) is 5.69 Å². The van der Waals surface area contributed by atoms with Crippen LogP contribution in [0.2, 0.25) is 0 Å². The van der Waals surface area contributed by atoms with Crippen LogP contribution in [0.3, 0.4) is 0 Å². The topological polar surface area (TPSA) is 49.8 Å². The Balaban J connectivity index is 1.83. The van der Waals surface area contributed by atoms with E-state index in [0.717, 1.165) is 12.2 Å². The number of carbonyl (C=O) groups excluding carboxylic acids is 1. The van der Waals surface area contributed by atoms with E-state index in [2.05, 4.69) is 10.3 Å². The van der Waals surface area contributed by atoms with Gasteiger partial charge in [-0.2, -0.15) is 0 Å². The first-order valence-corrected chi connectivity index (χ1v) is 7.30. The Labute approximate surface area is 122 Å². The van der Waals surface area contributed by atoms with Crippen molar-refractivity contribution < 1.29 is 4.79 Å². The zero-order valence-corrected chi connectivity index (χ0v) is 12.0. The number of aromatic amines is 1. The van der Waals surface area contributed by atoms with Crippen LogP contribution in [0.15, 0.2) is 36.5 Å². The van der Waals surface area contributed by atoms with Crippen LogP contribution >= 0.6 is 12.2 Å². The zero-order valence-electron chi connectivity index (χ0n) is 11.1. The molecule has 0 unspecified atom stereocenters. The maximum atomic E-state index is 12.3. The summed E-state index contributed by atoms with van der Waals surface area (Å²) in [5, 5.41) is 3.00. The van der Waals surface area contributed by atoms with Crippen molar-refractivity contribution in [3.05, 3.63) is 47.0 Å². The van der Waals surface area contributed by atoms with Gasteiger partial charge in [-0.1, -0.05) is 24.6 Å². The predicted octanol–water partition coefficient (Wildman–Crippen LogP) is 3.06. The molecule has 1 aliphatic carbocycles. The molecule has 1 amide bonds. The molecule has 0 saturated heterocycles. The number of nitrogens with zero attached hydrogens (tertiary/aromatic N) is 1. The lowest BCUT2D eigenvalue weighted by molar-refractivity contribution is 0.0932. The Morgan fingerprint density at radius 1 is 1.35 bits per heavy atom. The summed E-state index contributed by atoms with van der Waals surface area (Å²) < 4.78 is 2.30. The van der Waals surface area contributed by atoms with Gasteiger partial charge in [-0.3, -0.25) is 9.36 Å². The molecule has 3 rings (SSSR count). The van der Waals surface area contributed by atoms with E-state index in [1.807, 2.05) is 30.3 Å². The van der Waals surface area contributed by atoms with Gasteiger partial charge in [-0.15, -0.1) is 0 Å². The van der Waals surface area contributed by atoms with Crippen molar-refractivity contribution in [3.8, 4) is 5.69 Å². The number of H-pyrrole nitrogens is 1. The van der Waals surface area contributed by atoms with Crippen molar-refractivity contribution in [2.75, 3.05) is 6.54 Å². The summed E-state index contributed by atoms with van der Waals surface area (Å²) in [5.41, 5.74) is 1.45. The van der Waals surface area contributed by atoms with E-state index in [-0.39, 0.29) is 5.91 Å². The predicted molar refractivity (Wildman–Crippen MR) is 80.6 cm³/mol. The Hall–Kier alpha value is -1.88. The van der Waals surface area contributed by atoms with Crippen LogP contribution in [0, 0.1) is 10.7 Å². The van der Waals surface area contributed by atoms with Gasteiger partial charge in [0.15, 0.2) is 4.77 Å². The molecular weight excluding hydrogens is 270 g/mol. The molecule has 104 valence electrons. The van der Waals surface area contributed by atoms with Crippen molar-refractivity contribution in [2.45, 2.75) is 19.3 Å². The van der Waals surface area contributed by atoms with Gasteiger partial charge in [0.25, 0.3) is 5.91 Å². The number of hydrogen-bond acceptors (Lipinski definition) is 2. The van der Waals surface area contributed by atoms with Gasteiger partial charge in [0.2, 0.25) is 0 Å². The molecular formula is C15H17N3OS. The molecule has 1 aliphatic rings. The SMILES string of the molecule is O=C(NCC1CCC1)c1c[nH]c(=S)n1-c1ccccc1. The molecule has 0 bridgehead atoms. The quantitative estimate of drug-likeness (QED) is 0.849. The van der Waals surface area contributed by atoms with Gasteiger partial charge < -0.3 is 10.3 Å². The summed E-state index contributed by atoms with van der Waals surface area (Å²) in [7, 11) is 0. The van der Waals surface area contributed by atoms with E-state index >= 15 is 0 Å². The van der Waals surface area contributed by atoms with E-state index in [4.69, 9.17) is 12.2 Å². The summed E-state index contributed by atoms with van der Waals surface area (Å²) in [5.74, 6) is 0.569. The van der Waals surface area contributed by atoms with Crippen molar-refractivity contribution in [2.24, 2.45) is 5.92 Å². The van der Waals surface area contributed by atoms with E-state index in [0.29, 0.717) is 16.4 Å². The molecule has 4 nitrogen and oxygen atoms in total. The molecule has 1 aromatic carbocycles. The van der Waals surface area contributed by atoms with Crippen LogP contribution in [-0.2, 0) is 0 Å². The Bertz CT molecular complexity index is 655. The van der Waals surface area contributed by atoms with Crippen molar-refractivity contribution >= 4 is 18.1 Å². The molecule has 0 atom stereocenters. The third-order valence-corrected chi connectivity index (χ3v) is 4.10. The normalized spacial score (nSPS) is 14.8. The van der Waals surface area contributed by atoms with Crippen LogP contribution in [0.5, 0.6) is 0 Å². The number of para-hydroxylation sites is 1. The van der Waals surface area contributed by atoms with Gasteiger partial charge in [-0.25, -0.2) is 0 Å². The van der Waals surface area contributed by atoms with Gasteiger partial charge in [-0.05, 0) is 43.1 Å². The van der Waals surface area contributed by atoms with Crippen molar-refractivity contribution in [1.82, 2.24) is 14.9 Å². The fourth-order valence-corrected chi connectivity index (χ4v) is 2.66. The number of imidazole rings is 1. The third kappa shape index (κ3) is 2.54. The van der Waals surface area contributed by atoms with Gasteiger partial charge in [0.05, 0.1) is 0 Å². The monoisotopic (exact) mass is 287 g/mol. The summed E-state index contributed by atoms with van der Waals surface area (Å²) in [4.78, 5) is 15.2. The molecule has 0 radical (unpaired) electrons. The first kappa shape index (κ1) is 13.1. The summed E-state index contributed by atoms with van der Waals surface area (Å²) in [6.45, 7) is 0.756. The molecule has 1 heterocycles. The summed E-state index contributed by atoms with van der Waals surface area (Å²) in [6.07, 6.45) is 5.40. The molecule has 1 aromatic heterocycles. The van der Waals surface area contributed by atoms with E-state index in [9.17, 15) is 4.79 Å². The molecule has 2 N–H and O–H groups in total. The van der Waals surface area contributed by atoms with Crippen molar-refractivity contribution in [3.63, 3.8) is 0 Å². The minimum atomic E-state index is -0.0758. The number of nitrogens with one attached hydrogen (secondary N) is 2. The van der Waals surface area contributed by atoms with E-state index in [1.54, 1.807) is 10.8 Å². The largest absolute Gasteiger partial charge is 0.350 e. The second-order valence-corrected chi connectivity index (χ2v) is 5.54. The number of benzene rings is 1. The van der Waals surface area contributed by atoms with Gasteiger partial charge in [0, 0.05) is 18.4 Å². The summed E-state index contributed by atoms with van der Waals surface area (Å²) >= 11 is 5.27. The molecule has 5 heteroatoms. The number of rotatable bonds is 4. The molecule has 1 fully saturated rings.